The molecule has 0 amide bonds. The third kappa shape index (κ3) is 3.85. The summed E-state index contributed by atoms with van der Waals surface area (Å²) in [5.41, 5.74) is 1.21. The van der Waals surface area contributed by atoms with E-state index < -0.39 is 5.92 Å². The fraction of sp³-hybridized carbons (Fsp3) is 0.263. The van der Waals surface area contributed by atoms with Crippen LogP contribution in [-0.2, 0) is 0 Å². The van der Waals surface area contributed by atoms with Gasteiger partial charge in [-0.25, -0.2) is 0 Å². The van der Waals surface area contributed by atoms with E-state index in [0.29, 0.717) is 28.4 Å². The molecule has 0 aliphatic rings. The van der Waals surface area contributed by atoms with Crippen molar-refractivity contribution in [2.24, 2.45) is 0 Å². The van der Waals surface area contributed by atoms with Crippen molar-refractivity contribution in [1.29, 1.82) is 5.26 Å². The lowest BCUT2D eigenvalue weighted by Gasteiger charge is -2.14. The van der Waals surface area contributed by atoms with Crippen LogP contribution in [0.25, 0.3) is 0 Å². The van der Waals surface area contributed by atoms with Crippen LogP contribution in [0.2, 0.25) is 0 Å². The fourth-order valence-electron chi connectivity index (χ4n) is 2.41. The number of hydrogen-bond donors (Lipinski definition) is 0. The standard InChI is InChI=1S/C19H19NO4/c1-22-15-6-4-13(5-7-15)18(21)10-14(12-20)17-9-8-16(23-2)11-19(17)24-3/h4-9,11,14H,10H2,1-3H3. The molecular formula is C19H19NO4. The number of nitriles is 1. The van der Waals surface area contributed by atoms with Crippen molar-refractivity contribution >= 4 is 5.78 Å². The Labute approximate surface area is 141 Å². The summed E-state index contributed by atoms with van der Waals surface area (Å²) in [6, 6.07) is 14.2. The number of carbonyl (C=O) groups excluding carboxylic acids is 1. The average molecular weight is 325 g/mol. The first-order valence-electron chi connectivity index (χ1n) is 7.41. The number of benzene rings is 2. The van der Waals surface area contributed by atoms with E-state index in [-0.39, 0.29) is 12.2 Å². The molecule has 2 aromatic carbocycles. The summed E-state index contributed by atoms with van der Waals surface area (Å²) in [5, 5.41) is 9.49. The fourth-order valence-corrected chi connectivity index (χ4v) is 2.41. The smallest absolute Gasteiger partial charge is 0.164 e. The predicted molar refractivity (Wildman–Crippen MR) is 89.8 cm³/mol. The second-order valence-electron chi connectivity index (χ2n) is 5.15. The topological polar surface area (TPSA) is 68.6 Å². The van der Waals surface area contributed by atoms with Gasteiger partial charge in [0, 0.05) is 23.6 Å². The average Bonchev–Trinajstić information content (AvgIpc) is 2.65. The van der Waals surface area contributed by atoms with Crippen LogP contribution in [0.4, 0.5) is 0 Å². The summed E-state index contributed by atoms with van der Waals surface area (Å²) in [6.07, 6.45) is 0.0749. The second-order valence-corrected chi connectivity index (χ2v) is 5.15. The summed E-state index contributed by atoms with van der Waals surface area (Å²) >= 11 is 0. The van der Waals surface area contributed by atoms with E-state index in [1.165, 1.54) is 7.11 Å². The molecule has 5 heteroatoms. The van der Waals surface area contributed by atoms with Gasteiger partial charge in [-0.1, -0.05) is 6.07 Å². The largest absolute Gasteiger partial charge is 0.497 e. The van der Waals surface area contributed by atoms with Crippen molar-refractivity contribution in [1.82, 2.24) is 0 Å². The molecule has 2 rings (SSSR count). The maximum atomic E-state index is 12.5. The van der Waals surface area contributed by atoms with Crippen molar-refractivity contribution in [2.45, 2.75) is 12.3 Å². The molecule has 0 aromatic heterocycles. The molecule has 2 aromatic rings. The maximum Gasteiger partial charge on any atom is 0.164 e. The van der Waals surface area contributed by atoms with Crippen molar-refractivity contribution in [3.8, 4) is 23.3 Å². The van der Waals surface area contributed by atoms with Gasteiger partial charge in [0.05, 0.1) is 33.3 Å². The number of hydrogen-bond acceptors (Lipinski definition) is 5. The molecule has 1 atom stereocenters. The number of ketones is 1. The Kier molecular flexibility index (Phi) is 5.80. The van der Waals surface area contributed by atoms with Gasteiger partial charge in [0.1, 0.15) is 17.2 Å². The molecule has 1 unspecified atom stereocenters. The molecule has 0 saturated carbocycles. The monoisotopic (exact) mass is 325 g/mol. The van der Waals surface area contributed by atoms with E-state index in [2.05, 4.69) is 6.07 Å². The number of carbonyl (C=O) groups is 1. The molecule has 5 nitrogen and oxygen atoms in total. The third-order valence-electron chi connectivity index (χ3n) is 3.77. The van der Waals surface area contributed by atoms with Crippen molar-refractivity contribution in [3.05, 3.63) is 53.6 Å². The Balaban J connectivity index is 2.22. The van der Waals surface area contributed by atoms with Crippen molar-refractivity contribution in [3.63, 3.8) is 0 Å². The summed E-state index contributed by atoms with van der Waals surface area (Å²) in [7, 11) is 4.65. The molecular weight excluding hydrogens is 306 g/mol. The zero-order chi connectivity index (χ0) is 17.5. The van der Waals surface area contributed by atoms with Crippen LogP contribution in [0, 0.1) is 11.3 Å². The van der Waals surface area contributed by atoms with E-state index >= 15 is 0 Å². The molecule has 0 N–H and O–H groups in total. The highest BCUT2D eigenvalue weighted by molar-refractivity contribution is 5.97. The van der Waals surface area contributed by atoms with Gasteiger partial charge in [-0.05, 0) is 30.3 Å². The van der Waals surface area contributed by atoms with Gasteiger partial charge in [0.2, 0.25) is 0 Å². The first-order chi connectivity index (χ1) is 11.6. The Morgan fingerprint density at radius 2 is 1.62 bits per heavy atom. The first kappa shape index (κ1) is 17.4. The van der Waals surface area contributed by atoms with Gasteiger partial charge < -0.3 is 14.2 Å². The lowest BCUT2D eigenvalue weighted by Crippen LogP contribution is -2.08. The van der Waals surface area contributed by atoms with Gasteiger partial charge >= 0.3 is 0 Å². The molecule has 0 heterocycles. The van der Waals surface area contributed by atoms with E-state index in [1.807, 2.05) is 0 Å². The Bertz CT molecular complexity index is 747. The van der Waals surface area contributed by atoms with E-state index in [1.54, 1.807) is 56.7 Å². The highest BCUT2D eigenvalue weighted by Crippen LogP contribution is 2.32. The van der Waals surface area contributed by atoms with Gasteiger partial charge in [-0.3, -0.25) is 4.79 Å². The van der Waals surface area contributed by atoms with Crippen LogP contribution in [0.1, 0.15) is 28.3 Å². The van der Waals surface area contributed by atoms with Crippen molar-refractivity contribution < 1.29 is 19.0 Å². The van der Waals surface area contributed by atoms with E-state index in [9.17, 15) is 10.1 Å². The zero-order valence-electron chi connectivity index (χ0n) is 13.9. The van der Waals surface area contributed by atoms with Gasteiger partial charge in [-0.15, -0.1) is 0 Å². The molecule has 0 spiro atoms. The number of Topliss-reactive ketones (excluding diaryl/α,β-unsaturated/α-hetero) is 1. The summed E-state index contributed by atoms with van der Waals surface area (Å²) in [6.45, 7) is 0. The third-order valence-corrected chi connectivity index (χ3v) is 3.77. The quantitative estimate of drug-likeness (QED) is 0.728. The highest BCUT2D eigenvalue weighted by Gasteiger charge is 2.21. The Morgan fingerprint density at radius 3 is 2.17 bits per heavy atom. The molecule has 124 valence electrons. The van der Waals surface area contributed by atoms with Gasteiger partial charge in [0.25, 0.3) is 0 Å². The summed E-state index contributed by atoms with van der Waals surface area (Å²) in [5.74, 6) is 1.14. The lowest BCUT2D eigenvalue weighted by molar-refractivity contribution is 0.0979. The van der Waals surface area contributed by atoms with Gasteiger partial charge in [-0.2, -0.15) is 5.26 Å². The maximum absolute atomic E-state index is 12.5. The van der Waals surface area contributed by atoms with Crippen LogP contribution in [-0.4, -0.2) is 27.1 Å². The SMILES string of the molecule is COc1ccc(C(=O)CC(C#N)c2ccc(OC)cc2OC)cc1. The van der Waals surface area contributed by atoms with E-state index in [4.69, 9.17) is 14.2 Å². The zero-order valence-corrected chi connectivity index (χ0v) is 13.9. The minimum atomic E-state index is -0.597. The normalized spacial score (nSPS) is 11.2. The highest BCUT2D eigenvalue weighted by atomic mass is 16.5. The Morgan fingerprint density at radius 1 is 1.00 bits per heavy atom. The Hall–Kier alpha value is -3.00. The number of nitrogens with zero attached hydrogens (tertiary/aromatic N) is 1. The first-order valence-corrected chi connectivity index (χ1v) is 7.41. The molecule has 24 heavy (non-hydrogen) atoms. The molecule has 0 bridgehead atoms. The number of rotatable bonds is 7. The minimum Gasteiger partial charge on any atom is -0.497 e. The van der Waals surface area contributed by atoms with Crippen molar-refractivity contribution in [2.75, 3.05) is 21.3 Å². The number of ether oxygens (including phenoxy) is 3. The van der Waals surface area contributed by atoms with Crippen LogP contribution in [0.5, 0.6) is 17.2 Å². The number of methoxy groups -OCH3 is 3. The predicted octanol–water partition coefficient (Wildman–Crippen LogP) is 3.59. The van der Waals surface area contributed by atoms with Crippen LogP contribution in [0.15, 0.2) is 42.5 Å². The second kappa shape index (κ2) is 8.02. The minimum absolute atomic E-state index is 0.0749. The molecule has 0 fully saturated rings. The van der Waals surface area contributed by atoms with E-state index in [0.717, 1.165) is 0 Å². The van der Waals surface area contributed by atoms with Crippen LogP contribution < -0.4 is 14.2 Å². The molecule has 0 aliphatic heterocycles. The lowest BCUT2D eigenvalue weighted by atomic mass is 9.92. The van der Waals surface area contributed by atoms with Gasteiger partial charge in [0.15, 0.2) is 5.78 Å². The molecule has 0 saturated heterocycles. The van der Waals surface area contributed by atoms with Crippen LogP contribution >= 0.6 is 0 Å². The molecule has 0 aliphatic carbocycles. The molecule has 0 radical (unpaired) electrons. The summed E-state index contributed by atoms with van der Waals surface area (Å²) < 4.78 is 15.6. The van der Waals surface area contributed by atoms with Crippen LogP contribution in [0.3, 0.4) is 0 Å². The summed E-state index contributed by atoms with van der Waals surface area (Å²) in [4.78, 5) is 12.5.